The first-order valence-electron chi connectivity index (χ1n) is 13.8. The van der Waals surface area contributed by atoms with Crippen molar-refractivity contribution >= 4 is 50.7 Å². The van der Waals surface area contributed by atoms with E-state index in [0.29, 0.717) is 34.3 Å². The quantitative estimate of drug-likeness (QED) is 0.127. The van der Waals surface area contributed by atoms with E-state index in [1.807, 2.05) is 25.9 Å². The number of benzene rings is 3. The molecule has 3 aromatic carbocycles. The monoisotopic (exact) mass is 620 g/mol. The van der Waals surface area contributed by atoms with Crippen molar-refractivity contribution in [2.45, 2.75) is 19.1 Å². The Balaban J connectivity index is 1.43. The molecule has 0 aliphatic heterocycles. The van der Waals surface area contributed by atoms with Crippen molar-refractivity contribution in [1.82, 2.24) is 20.2 Å². The van der Waals surface area contributed by atoms with Crippen LogP contribution in [-0.4, -0.2) is 53.4 Å². The van der Waals surface area contributed by atoms with Crippen LogP contribution < -0.4 is 21.5 Å². The number of aromatic nitrogens is 2. The zero-order valence-corrected chi connectivity index (χ0v) is 24.3. The molecule has 2 aromatic heterocycles. The second-order valence-electron chi connectivity index (χ2n) is 10.6. The van der Waals surface area contributed by atoms with Gasteiger partial charge in [0.05, 0.1) is 27.8 Å². The Hall–Kier alpha value is -5.30. The van der Waals surface area contributed by atoms with E-state index in [4.69, 9.17) is 0 Å². The normalized spacial score (nSPS) is 12.4. The highest BCUT2D eigenvalue weighted by Gasteiger charge is 2.35. The first kappa shape index (κ1) is 31.1. The van der Waals surface area contributed by atoms with Gasteiger partial charge in [-0.05, 0) is 75.6 Å². The second kappa shape index (κ2) is 12.4. The topological polar surface area (TPSA) is 119 Å². The molecule has 9 nitrogen and oxygen atoms in total. The molecule has 0 aliphatic carbocycles. The summed E-state index contributed by atoms with van der Waals surface area (Å²) in [4.78, 5) is 47.9. The predicted molar refractivity (Wildman–Crippen MR) is 164 cm³/mol. The first-order chi connectivity index (χ1) is 21.3. The van der Waals surface area contributed by atoms with E-state index in [0.717, 1.165) is 12.1 Å². The molecule has 0 spiro atoms. The third kappa shape index (κ3) is 6.63. The number of hydrogen-bond donors (Lipinski definition) is 4. The number of alkyl halides is 3. The van der Waals surface area contributed by atoms with Crippen LogP contribution in [0, 0.1) is 5.82 Å². The molecule has 4 N–H and O–H groups in total. The fraction of sp³-hybridized carbons (Fsp3) is 0.188. The Labute approximate surface area is 254 Å². The third-order valence-corrected chi connectivity index (χ3v) is 7.38. The van der Waals surface area contributed by atoms with Gasteiger partial charge in [-0.2, -0.15) is 13.2 Å². The molecule has 45 heavy (non-hydrogen) atoms. The van der Waals surface area contributed by atoms with Gasteiger partial charge in [-0.1, -0.05) is 12.1 Å². The molecular weight excluding hydrogens is 592 g/mol. The number of anilines is 3. The Kier molecular flexibility index (Phi) is 8.55. The van der Waals surface area contributed by atoms with Crippen LogP contribution in [0.5, 0.6) is 0 Å². The Morgan fingerprint density at radius 3 is 2.33 bits per heavy atom. The fourth-order valence-electron chi connectivity index (χ4n) is 4.76. The van der Waals surface area contributed by atoms with Crippen molar-refractivity contribution < 1.29 is 27.2 Å². The molecule has 13 heteroatoms. The number of carbonyl (C=O) groups excluding carboxylic acids is 2. The predicted octanol–water partition coefficient (Wildman–Crippen LogP) is 5.91. The maximum Gasteiger partial charge on any atom is 0.417 e. The summed E-state index contributed by atoms with van der Waals surface area (Å²) in [6, 6.07) is 14.8. The molecule has 5 aromatic rings. The van der Waals surface area contributed by atoms with Crippen molar-refractivity contribution in [1.29, 1.82) is 0 Å². The minimum Gasteiger partial charge on any atom is -0.355 e. The molecule has 0 fully saturated rings. The van der Waals surface area contributed by atoms with Crippen LogP contribution in [0.1, 0.15) is 33.2 Å². The average molecular weight is 621 g/mol. The average Bonchev–Trinajstić information content (AvgIpc) is 2.99. The largest absolute Gasteiger partial charge is 0.417 e. The van der Waals surface area contributed by atoms with Gasteiger partial charge in [0.1, 0.15) is 11.5 Å². The number of fused-ring (bicyclic) bond motifs is 3. The minimum atomic E-state index is -4.92. The number of rotatable bonds is 8. The summed E-state index contributed by atoms with van der Waals surface area (Å²) in [6.45, 7) is 2.34. The zero-order chi connectivity index (χ0) is 32.5. The lowest BCUT2D eigenvalue weighted by Crippen LogP contribution is -2.38. The molecule has 1 unspecified atom stereocenters. The van der Waals surface area contributed by atoms with Gasteiger partial charge < -0.3 is 25.8 Å². The fourth-order valence-corrected chi connectivity index (χ4v) is 4.76. The van der Waals surface area contributed by atoms with E-state index in [9.17, 15) is 31.9 Å². The maximum atomic E-state index is 13.5. The Bertz CT molecular complexity index is 1970. The van der Waals surface area contributed by atoms with E-state index in [-0.39, 0.29) is 28.7 Å². The smallest absolute Gasteiger partial charge is 0.355 e. The number of hydrogen-bond acceptors (Lipinski definition) is 6. The lowest BCUT2D eigenvalue weighted by atomic mass is 10.0. The van der Waals surface area contributed by atoms with Crippen LogP contribution in [0.2, 0.25) is 0 Å². The molecule has 0 bridgehead atoms. The molecular formula is C32H28F4N6O3. The van der Waals surface area contributed by atoms with Gasteiger partial charge in [-0.25, -0.2) is 9.37 Å². The van der Waals surface area contributed by atoms with E-state index in [1.54, 1.807) is 36.4 Å². The number of nitrogens with one attached hydrogen (secondary N) is 4. The molecule has 1 atom stereocenters. The summed E-state index contributed by atoms with van der Waals surface area (Å²) < 4.78 is 53.6. The van der Waals surface area contributed by atoms with Crippen LogP contribution in [0.25, 0.3) is 21.8 Å². The van der Waals surface area contributed by atoms with Gasteiger partial charge in [-0.15, -0.1) is 0 Å². The van der Waals surface area contributed by atoms with Crippen molar-refractivity contribution in [2.75, 3.05) is 31.3 Å². The maximum absolute atomic E-state index is 13.5. The van der Waals surface area contributed by atoms with Gasteiger partial charge in [0.15, 0.2) is 0 Å². The first-order valence-corrected chi connectivity index (χ1v) is 13.8. The summed E-state index contributed by atoms with van der Waals surface area (Å²) in [5, 5.41) is 9.77. The molecule has 232 valence electrons. The number of pyridine rings is 2. The van der Waals surface area contributed by atoms with Crippen molar-refractivity contribution in [3.63, 3.8) is 0 Å². The third-order valence-electron chi connectivity index (χ3n) is 7.38. The Morgan fingerprint density at radius 2 is 1.64 bits per heavy atom. The van der Waals surface area contributed by atoms with Crippen molar-refractivity contribution in [3.05, 3.63) is 106 Å². The van der Waals surface area contributed by atoms with Gasteiger partial charge in [-0.3, -0.25) is 14.4 Å². The number of halogens is 4. The van der Waals surface area contributed by atoms with Crippen LogP contribution in [-0.2, 0) is 6.18 Å². The van der Waals surface area contributed by atoms with E-state index < -0.39 is 40.5 Å². The summed E-state index contributed by atoms with van der Waals surface area (Å²) in [5.74, 6) is -2.54. The highest BCUT2D eigenvalue weighted by Crippen LogP contribution is 2.34. The second-order valence-corrected chi connectivity index (χ2v) is 10.6. The van der Waals surface area contributed by atoms with Crippen LogP contribution in [0.15, 0.2) is 77.7 Å². The van der Waals surface area contributed by atoms with Crippen LogP contribution in [0.3, 0.4) is 0 Å². The standard InChI is InChI=1S/C32H28F4N6O3/c1-17(42(2)3)16-38-29(43)23-6-4-5-22-26(23)31(45)41-28-27(22)25(13-14-37-28)39-19-8-10-20(11-9-19)40-30(44)21-12-7-18(33)15-24(21)32(34,35)36/h4-15,17H,16H2,1-3H3,(H,38,43)(H,40,44)(H2,37,39,41,45). The summed E-state index contributed by atoms with van der Waals surface area (Å²) in [7, 11) is 3.80. The van der Waals surface area contributed by atoms with Crippen molar-refractivity contribution in [3.8, 4) is 0 Å². The van der Waals surface area contributed by atoms with E-state index in [1.165, 1.54) is 18.3 Å². The number of amides is 2. The molecule has 2 heterocycles. The van der Waals surface area contributed by atoms with Gasteiger partial charge in [0, 0.05) is 40.9 Å². The lowest BCUT2D eigenvalue weighted by Gasteiger charge is -2.20. The van der Waals surface area contributed by atoms with Gasteiger partial charge in [0.2, 0.25) is 0 Å². The lowest BCUT2D eigenvalue weighted by molar-refractivity contribution is -0.138. The number of nitrogens with zero attached hydrogens (tertiary/aromatic N) is 2. The zero-order valence-electron chi connectivity index (χ0n) is 24.3. The van der Waals surface area contributed by atoms with E-state index in [2.05, 4.69) is 25.9 Å². The molecule has 0 saturated carbocycles. The van der Waals surface area contributed by atoms with Gasteiger partial charge >= 0.3 is 6.18 Å². The molecule has 0 saturated heterocycles. The Morgan fingerprint density at radius 1 is 0.933 bits per heavy atom. The SMILES string of the molecule is CC(CNC(=O)c1cccc2c1c(=O)[nH]c1nccc(Nc3ccc(NC(=O)c4ccc(F)cc4C(F)(F)F)cc3)c12)N(C)C. The van der Waals surface area contributed by atoms with Gasteiger partial charge in [0.25, 0.3) is 17.4 Å². The minimum absolute atomic E-state index is 0.0722. The summed E-state index contributed by atoms with van der Waals surface area (Å²) >= 11 is 0. The number of H-pyrrole nitrogens is 1. The highest BCUT2D eigenvalue weighted by atomic mass is 19.4. The molecule has 0 radical (unpaired) electrons. The van der Waals surface area contributed by atoms with E-state index >= 15 is 0 Å². The number of carbonyl (C=O) groups is 2. The number of aromatic amines is 1. The summed E-state index contributed by atoms with van der Waals surface area (Å²) in [5.41, 5.74) is -0.749. The summed E-state index contributed by atoms with van der Waals surface area (Å²) in [6.07, 6.45) is -3.42. The highest BCUT2D eigenvalue weighted by molar-refractivity contribution is 6.16. The van der Waals surface area contributed by atoms with Crippen molar-refractivity contribution in [2.24, 2.45) is 0 Å². The molecule has 2 amide bonds. The number of likely N-dealkylation sites (N-methyl/N-ethyl adjacent to an activating group) is 1. The molecule has 5 rings (SSSR count). The van der Waals surface area contributed by atoms with Crippen LogP contribution in [0.4, 0.5) is 34.6 Å². The molecule has 0 aliphatic rings. The van der Waals surface area contributed by atoms with Crippen LogP contribution >= 0.6 is 0 Å².